The van der Waals surface area contributed by atoms with Gasteiger partial charge in [-0.1, -0.05) is 18.2 Å². The molecule has 1 saturated heterocycles. The summed E-state index contributed by atoms with van der Waals surface area (Å²) in [5.41, 5.74) is 2.17. The van der Waals surface area contributed by atoms with Gasteiger partial charge >= 0.3 is 0 Å². The minimum absolute atomic E-state index is 0.124. The Balaban J connectivity index is 1.19. The van der Waals surface area contributed by atoms with Crippen LogP contribution in [0.5, 0.6) is 0 Å². The molecule has 1 aliphatic rings. The maximum Gasteiger partial charge on any atom is 0.263 e. The van der Waals surface area contributed by atoms with E-state index in [9.17, 15) is 13.2 Å². The number of hydrogen-bond donors (Lipinski definition) is 1. The number of fused-ring (bicyclic) bond motifs is 1. The van der Waals surface area contributed by atoms with Gasteiger partial charge in [-0.15, -0.1) is 0 Å². The third kappa shape index (κ3) is 4.96. The number of anilines is 1. The van der Waals surface area contributed by atoms with Crippen molar-refractivity contribution in [2.24, 2.45) is 0 Å². The van der Waals surface area contributed by atoms with Gasteiger partial charge in [0, 0.05) is 39.9 Å². The van der Waals surface area contributed by atoms with Crippen molar-refractivity contribution in [2.75, 3.05) is 17.8 Å². The van der Waals surface area contributed by atoms with Crippen molar-refractivity contribution >= 4 is 66.1 Å². The number of piperidine rings is 1. The highest BCUT2D eigenvalue weighted by Gasteiger charge is 2.25. The highest BCUT2D eigenvalue weighted by Crippen LogP contribution is 2.29. The number of rotatable bonds is 6. The molecule has 0 aliphatic carbocycles. The van der Waals surface area contributed by atoms with Gasteiger partial charge in [0.05, 0.1) is 4.90 Å². The first kappa shape index (κ1) is 23.2. The zero-order valence-electron chi connectivity index (χ0n) is 18.1. The lowest BCUT2D eigenvalue weighted by Crippen LogP contribution is -2.39. The monoisotopic (exact) mass is 607 g/mol. The van der Waals surface area contributed by atoms with Gasteiger partial charge in [0.1, 0.15) is 12.9 Å². The van der Waals surface area contributed by atoms with Crippen LogP contribution in [0.15, 0.2) is 66.0 Å². The Labute approximate surface area is 215 Å². The number of likely N-dealkylation sites (tertiary alicyclic amines) is 1. The zero-order chi connectivity index (χ0) is 23.7. The lowest BCUT2D eigenvalue weighted by atomic mass is 9.89. The molecule has 1 N–H and O–H groups in total. The highest BCUT2D eigenvalue weighted by atomic mass is 127. The predicted octanol–water partition coefficient (Wildman–Crippen LogP) is 4.30. The van der Waals surface area contributed by atoms with Crippen LogP contribution in [0.2, 0.25) is 0 Å². The Morgan fingerprint density at radius 1 is 1.12 bits per heavy atom. The normalized spacial score (nSPS) is 15.0. The molecule has 1 amide bonds. The van der Waals surface area contributed by atoms with Crippen LogP contribution in [0.4, 0.5) is 5.13 Å². The molecule has 4 aromatic rings. The van der Waals surface area contributed by atoms with Crippen molar-refractivity contribution < 1.29 is 13.2 Å². The van der Waals surface area contributed by atoms with Crippen molar-refractivity contribution in [3.05, 3.63) is 70.2 Å². The van der Waals surface area contributed by atoms with E-state index in [-0.39, 0.29) is 15.9 Å². The highest BCUT2D eigenvalue weighted by molar-refractivity contribution is 14.1. The molecule has 2 aromatic carbocycles. The van der Waals surface area contributed by atoms with Gasteiger partial charge in [-0.25, -0.2) is 13.4 Å². The van der Waals surface area contributed by atoms with Crippen LogP contribution >= 0.6 is 34.1 Å². The van der Waals surface area contributed by atoms with Gasteiger partial charge in [-0.3, -0.25) is 9.52 Å². The maximum atomic E-state index is 12.9. The summed E-state index contributed by atoms with van der Waals surface area (Å²) in [4.78, 5) is 18.9. The van der Waals surface area contributed by atoms with Gasteiger partial charge in [0.15, 0.2) is 0 Å². The average molecular weight is 607 g/mol. The van der Waals surface area contributed by atoms with Crippen molar-refractivity contribution in [1.82, 2.24) is 18.8 Å². The average Bonchev–Trinajstić information content (AvgIpc) is 3.49. The van der Waals surface area contributed by atoms with E-state index in [2.05, 4.69) is 54.9 Å². The fraction of sp³-hybridized carbons (Fsp3) is 0.261. The molecule has 176 valence electrons. The Morgan fingerprint density at radius 2 is 1.88 bits per heavy atom. The standard InChI is InChI=1S/C23H22IN5O3S2/c24-19-4-1-18-9-12-29(21(18)13-19)14-22(30)28-10-7-17(8-11-28)16-2-5-20(6-3-16)34(31,32)27-23-25-15-26-33-23/h1-6,9,12-13,15,17H,7-8,10-11,14H2,(H,25,26,27). The van der Waals surface area contributed by atoms with Crippen LogP contribution in [0.1, 0.15) is 24.3 Å². The van der Waals surface area contributed by atoms with E-state index in [4.69, 9.17) is 0 Å². The second-order valence-corrected chi connectivity index (χ2v) is 11.9. The summed E-state index contributed by atoms with van der Waals surface area (Å²) in [5, 5.41) is 1.37. The number of carbonyl (C=O) groups is 1. The molecular weight excluding hydrogens is 585 g/mol. The Bertz CT molecular complexity index is 1410. The fourth-order valence-corrected chi connectivity index (χ4v) is 6.45. The number of nitrogens with one attached hydrogen (secondary N) is 1. The first-order chi connectivity index (χ1) is 16.4. The molecule has 3 heterocycles. The largest absolute Gasteiger partial charge is 0.341 e. The van der Waals surface area contributed by atoms with Crippen molar-refractivity contribution in [3.8, 4) is 0 Å². The SMILES string of the molecule is O=C(Cn1ccc2ccc(I)cc21)N1CCC(c2ccc(S(=O)(=O)Nc3ncns3)cc2)CC1. The summed E-state index contributed by atoms with van der Waals surface area (Å²) >= 11 is 3.28. The number of hydrogen-bond acceptors (Lipinski definition) is 6. The molecule has 0 atom stereocenters. The summed E-state index contributed by atoms with van der Waals surface area (Å²) in [6.45, 7) is 1.72. The van der Waals surface area contributed by atoms with Crippen LogP contribution in [-0.2, 0) is 21.4 Å². The molecule has 1 aliphatic heterocycles. The minimum atomic E-state index is -3.69. The van der Waals surface area contributed by atoms with E-state index >= 15 is 0 Å². The lowest BCUT2D eigenvalue weighted by molar-refractivity contribution is -0.132. The van der Waals surface area contributed by atoms with Gasteiger partial charge in [-0.2, -0.15) is 4.37 Å². The molecular formula is C23H22IN5O3S2. The van der Waals surface area contributed by atoms with Crippen molar-refractivity contribution in [2.45, 2.75) is 30.2 Å². The van der Waals surface area contributed by atoms with Gasteiger partial charge in [-0.05, 0) is 82.6 Å². The molecule has 0 spiro atoms. The van der Waals surface area contributed by atoms with E-state index in [1.165, 1.54) is 6.33 Å². The van der Waals surface area contributed by atoms with Crippen LogP contribution in [0, 0.1) is 3.57 Å². The molecule has 5 rings (SSSR count). The third-order valence-corrected chi connectivity index (χ3v) is 8.87. The zero-order valence-corrected chi connectivity index (χ0v) is 21.9. The maximum absolute atomic E-state index is 12.9. The Morgan fingerprint density at radius 3 is 2.59 bits per heavy atom. The first-order valence-electron chi connectivity index (χ1n) is 10.8. The topological polar surface area (TPSA) is 97.2 Å². The molecule has 11 heteroatoms. The van der Waals surface area contributed by atoms with Crippen LogP contribution in [0.25, 0.3) is 10.9 Å². The first-order valence-corrected chi connectivity index (χ1v) is 14.1. The van der Waals surface area contributed by atoms with E-state index in [1.807, 2.05) is 33.9 Å². The summed E-state index contributed by atoms with van der Waals surface area (Å²) in [6.07, 6.45) is 4.99. The van der Waals surface area contributed by atoms with Crippen molar-refractivity contribution in [3.63, 3.8) is 0 Å². The van der Waals surface area contributed by atoms with Crippen LogP contribution in [-0.4, -0.2) is 46.2 Å². The van der Waals surface area contributed by atoms with E-state index < -0.39 is 10.0 Å². The van der Waals surface area contributed by atoms with E-state index in [0.717, 1.165) is 44.4 Å². The van der Waals surface area contributed by atoms with E-state index in [0.29, 0.717) is 25.6 Å². The number of amides is 1. The second kappa shape index (κ2) is 9.62. The van der Waals surface area contributed by atoms with Crippen LogP contribution < -0.4 is 4.72 Å². The number of aromatic nitrogens is 3. The lowest BCUT2D eigenvalue weighted by Gasteiger charge is -2.32. The smallest absolute Gasteiger partial charge is 0.263 e. The molecule has 0 unspecified atom stereocenters. The summed E-state index contributed by atoms with van der Waals surface area (Å²) < 4.78 is 34.4. The molecule has 0 saturated carbocycles. The molecule has 2 aromatic heterocycles. The number of carbonyl (C=O) groups excluding carboxylic acids is 1. The van der Waals surface area contributed by atoms with Crippen molar-refractivity contribution in [1.29, 1.82) is 0 Å². The van der Waals surface area contributed by atoms with E-state index in [1.54, 1.807) is 12.1 Å². The number of halogens is 1. The Hall–Kier alpha value is -2.51. The number of sulfonamides is 1. The summed E-state index contributed by atoms with van der Waals surface area (Å²) in [5.74, 6) is 0.421. The number of nitrogens with zero attached hydrogens (tertiary/aromatic N) is 4. The summed E-state index contributed by atoms with van der Waals surface area (Å²) in [7, 11) is -3.69. The van der Waals surface area contributed by atoms with Gasteiger partial charge in [0.2, 0.25) is 11.0 Å². The minimum Gasteiger partial charge on any atom is -0.341 e. The molecule has 8 nitrogen and oxygen atoms in total. The molecule has 34 heavy (non-hydrogen) atoms. The second-order valence-electron chi connectivity index (χ2n) is 8.22. The predicted molar refractivity (Wildman–Crippen MR) is 140 cm³/mol. The van der Waals surface area contributed by atoms with Crippen LogP contribution in [0.3, 0.4) is 0 Å². The fourth-order valence-electron chi connectivity index (χ4n) is 4.31. The quantitative estimate of drug-likeness (QED) is 0.330. The third-order valence-electron chi connectivity index (χ3n) is 6.13. The summed E-state index contributed by atoms with van der Waals surface area (Å²) in [6, 6.07) is 15.3. The Kier molecular flexibility index (Phi) is 6.58. The van der Waals surface area contributed by atoms with Gasteiger partial charge in [0.25, 0.3) is 10.0 Å². The molecule has 1 fully saturated rings. The molecule has 0 bridgehead atoms. The number of benzene rings is 2. The molecule has 0 radical (unpaired) electrons. The van der Waals surface area contributed by atoms with Gasteiger partial charge < -0.3 is 9.47 Å².